The van der Waals surface area contributed by atoms with E-state index in [1.165, 1.54) is 0 Å². The fraction of sp³-hybridized carbons (Fsp3) is 0.833. The summed E-state index contributed by atoms with van der Waals surface area (Å²) in [6, 6.07) is -0.0938. The summed E-state index contributed by atoms with van der Waals surface area (Å²) in [5.74, 6) is -0.358. The molecule has 0 aliphatic carbocycles. The molecule has 2 unspecified atom stereocenters. The minimum absolute atomic E-state index is 0.123. The topological polar surface area (TPSA) is 69.7 Å². The summed E-state index contributed by atoms with van der Waals surface area (Å²) in [7, 11) is 0. The average Bonchev–Trinajstić information content (AvgIpc) is 2.72. The van der Waals surface area contributed by atoms with E-state index < -0.39 is 11.6 Å². The van der Waals surface area contributed by atoms with Crippen molar-refractivity contribution in [3.8, 4) is 0 Å². The summed E-state index contributed by atoms with van der Waals surface area (Å²) >= 11 is 0. The molecule has 1 N–H and O–H groups in total. The number of hydrogen-bond acceptors (Lipinski definition) is 3. The van der Waals surface area contributed by atoms with Gasteiger partial charge < -0.3 is 10.2 Å². The number of likely N-dealkylation sites (tertiary alicyclic amines) is 1. The minimum Gasteiger partial charge on any atom is -0.336 e. The van der Waals surface area contributed by atoms with Crippen molar-refractivity contribution in [1.29, 1.82) is 0 Å². The van der Waals surface area contributed by atoms with Gasteiger partial charge in [-0.25, -0.2) is 4.79 Å². The molecule has 0 radical (unpaired) electrons. The summed E-state index contributed by atoms with van der Waals surface area (Å²) in [5.41, 5.74) is -0.819. The molecule has 0 aromatic rings. The van der Waals surface area contributed by atoms with Crippen LogP contribution in [0.5, 0.6) is 0 Å². The van der Waals surface area contributed by atoms with Crippen molar-refractivity contribution < 1.29 is 14.4 Å². The van der Waals surface area contributed by atoms with E-state index in [4.69, 9.17) is 0 Å². The molecule has 6 nitrogen and oxygen atoms in total. The molecule has 136 valence electrons. The quantitative estimate of drug-likeness (QED) is 0.758. The van der Waals surface area contributed by atoms with Crippen molar-refractivity contribution in [2.24, 2.45) is 0 Å². The molecule has 2 heterocycles. The van der Waals surface area contributed by atoms with Crippen LogP contribution in [0.4, 0.5) is 4.79 Å². The van der Waals surface area contributed by atoms with Crippen LogP contribution in [0.25, 0.3) is 0 Å². The molecule has 6 heteroatoms. The van der Waals surface area contributed by atoms with E-state index in [0.29, 0.717) is 12.8 Å². The third kappa shape index (κ3) is 3.42. The standard InChI is InChI=1S/C18H31N3O3/c1-5-10-18(11-6-2)16(23)20(17(24)19-18)12-15(22)21-13(3)8-7-9-14(21)4/h13-14H,5-12H2,1-4H3,(H,19,24). The van der Waals surface area contributed by atoms with Crippen LogP contribution in [-0.2, 0) is 9.59 Å². The monoisotopic (exact) mass is 337 g/mol. The van der Waals surface area contributed by atoms with Crippen molar-refractivity contribution >= 4 is 17.8 Å². The maximum absolute atomic E-state index is 12.9. The highest BCUT2D eigenvalue weighted by Gasteiger charge is 2.50. The van der Waals surface area contributed by atoms with Crippen molar-refractivity contribution in [2.75, 3.05) is 6.54 Å². The number of nitrogens with one attached hydrogen (secondary N) is 1. The molecule has 2 rings (SSSR count). The largest absolute Gasteiger partial charge is 0.336 e. The van der Waals surface area contributed by atoms with Crippen LogP contribution in [0, 0.1) is 0 Å². The van der Waals surface area contributed by atoms with E-state index in [9.17, 15) is 14.4 Å². The van der Waals surface area contributed by atoms with Crippen molar-refractivity contribution in [2.45, 2.75) is 90.3 Å². The Morgan fingerprint density at radius 1 is 1.12 bits per heavy atom. The highest BCUT2D eigenvalue weighted by molar-refractivity contribution is 6.09. The zero-order valence-electron chi connectivity index (χ0n) is 15.4. The number of urea groups is 1. The first-order valence-electron chi connectivity index (χ1n) is 9.31. The smallest absolute Gasteiger partial charge is 0.325 e. The number of carbonyl (C=O) groups excluding carboxylic acids is 3. The molecular formula is C18H31N3O3. The maximum Gasteiger partial charge on any atom is 0.325 e. The third-order valence-corrected chi connectivity index (χ3v) is 5.37. The Labute approximate surface area is 144 Å². The molecule has 0 spiro atoms. The zero-order valence-corrected chi connectivity index (χ0v) is 15.4. The van der Waals surface area contributed by atoms with E-state index in [1.54, 1.807) is 0 Å². The van der Waals surface area contributed by atoms with Crippen LogP contribution < -0.4 is 5.32 Å². The highest BCUT2D eigenvalue weighted by Crippen LogP contribution is 2.29. The van der Waals surface area contributed by atoms with Gasteiger partial charge in [-0.05, 0) is 46.0 Å². The highest BCUT2D eigenvalue weighted by atomic mass is 16.2. The van der Waals surface area contributed by atoms with Gasteiger partial charge in [-0.2, -0.15) is 0 Å². The molecule has 0 bridgehead atoms. The molecule has 2 atom stereocenters. The predicted octanol–water partition coefficient (Wildman–Crippen LogP) is 2.67. The summed E-state index contributed by atoms with van der Waals surface area (Å²) in [6.45, 7) is 7.94. The van der Waals surface area contributed by atoms with Gasteiger partial charge in [-0.15, -0.1) is 0 Å². The van der Waals surface area contributed by atoms with Crippen molar-refractivity contribution in [1.82, 2.24) is 15.1 Å². The van der Waals surface area contributed by atoms with Gasteiger partial charge in [0.1, 0.15) is 12.1 Å². The molecule has 0 aromatic heterocycles. The van der Waals surface area contributed by atoms with Gasteiger partial charge in [0.2, 0.25) is 5.91 Å². The van der Waals surface area contributed by atoms with Crippen LogP contribution >= 0.6 is 0 Å². The number of carbonyl (C=O) groups is 3. The number of rotatable bonds is 6. The van der Waals surface area contributed by atoms with Crippen LogP contribution in [0.3, 0.4) is 0 Å². The predicted molar refractivity (Wildman–Crippen MR) is 92.4 cm³/mol. The molecule has 2 aliphatic rings. The van der Waals surface area contributed by atoms with Crippen LogP contribution in [-0.4, -0.2) is 51.8 Å². The molecular weight excluding hydrogens is 306 g/mol. The van der Waals surface area contributed by atoms with Gasteiger partial charge >= 0.3 is 6.03 Å². The summed E-state index contributed by atoms with van der Waals surface area (Å²) < 4.78 is 0. The van der Waals surface area contributed by atoms with Gasteiger partial charge in [-0.3, -0.25) is 14.5 Å². The van der Waals surface area contributed by atoms with E-state index in [2.05, 4.69) is 5.32 Å². The second-order valence-electron chi connectivity index (χ2n) is 7.33. The van der Waals surface area contributed by atoms with E-state index in [0.717, 1.165) is 37.0 Å². The Morgan fingerprint density at radius 2 is 1.67 bits per heavy atom. The van der Waals surface area contributed by atoms with E-state index >= 15 is 0 Å². The summed E-state index contributed by atoms with van der Waals surface area (Å²) in [6.07, 6.45) is 5.93. The fourth-order valence-corrected chi connectivity index (χ4v) is 4.27. The number of imide groups is 1. The first kappa shape index (κ1) is 18.7. The molecule has 2 saturated heterocycles. The lowest BCUT2D eigenvalue weighted by molar-refractivity contribution is -0.143. The number of nitrogens with zero attached hydrogens (tertiary/aromatic N) is 2. The van der Waals surface area contributed by atoms with Gasteiger partial charge in [0.25, 0.3) is 5.91 Å². The Kier molecular flexibility index (Phi) is 5.88. The lowest BCUT2D eigenvalue weighted by Gasteiger charge is -2.39. The van der Waals surface area contributed by atoms with Crippen molar-refractivity contribution in [3.63, 3.8) is 0 Å². The zero-order chi connectivity index (χ0) is 17.9. The second-order valence-corrected chi connectivity index (χ2v) is 7.33. The molecule has 2 aliphatic heterocycles. The Bertz CT molecular complexity index is 490. The number of piperidine rings is 1. The van der Waals surface area contributed by atoms with E-state index in [1.807, 2.05) is 32.6 Å². The lowest BCUT2D eigenvalue weighted by Crippen LogP contribution is -2.52. The number of amides is 4. The van der Waals surface area contributed by atoms with Gasteiger partial charge in [0.05, 0.1) is 0 Å². The first-order chi connectivity index (χ1) is 11.4. The molecule has 0 saturated carbocycles. The van der Waals surface area contributed by atoms with E-state index in [-0.39, 0.29) is 30.4 Å². The van der Waals surface area contributed by atoms with Crippen LogP contribution in [0.15, 0.2) is 0 Å². The Morgan fingerprint density at radius 3 is 2.17 bits per heavy atom. The Hall–Kier alpha value is -1.59. The molecule has 24 heavy (non-hydrogen) atoms. The Balaban J connectivity index is 2.12. The average molecular weight is 337 g/mol. The lowest BCUT2D eigenvalue weighted by atomic mass is 9.88. The first-order valence-corrected chi connectivity index (χ1v) is 9.31. The summed E-state index contributed by atoms with van der Waals surface area (Å²) in [5, 5.41) is 2.87. The maximum atomic E-state index is 12.9. The number of hydrogen-bond donors (Lipinski definition) is 1. The van der Waals surface area contributed by atoms with Crippen molar-refractivity contribution in [3.05, 3.63) is 0 Å². The second kappa shape index (κ2) is 7.53. The summed E-state index contributed by atoms with van der Waals surface area (Å²) in [4.78, 5) is 40.9. The molecule has 4 amide bonds. The SMILES string of the molecule is CCCC1(CCC)NC(=O)N(CC(=O)N2C(C)CCCC2C)C1=O. The van der Waals surface area contributed by atoms with Gasteiger partial charge in [-0.1, -0.05) is 26.7 Å². The molecule has 2 fully saturated rings. The third-order valence-electron chi connectivity index (χ3n) is 5.37. The minimum atomic E-state index is -0.819. The molecule has 0 aromatic carbocycles. The fourth-order valence-electron chi connectivity index (χ4n) is 4.27. The van der Waals surface area contributed by atoms with Gasteiger partial charge in [0.15, 0.2) is 0 Å². The van der Waals surface area contributed by atoms with Gasteiger partial charge in [0, 0.05) is 12.1 Å². The normalized spacial score (nSPS) is 26.7. The van der Waals surface area contributed by atoms with Crippen LogP contribution in [0.1, 0.15) is 72.6 Å². The van der Waals surface area contributed by atoms with Crippen LogP contribution in [0.2, 0.25) is 0 Å².